The van der Waals surface area contributed by atoms with Gasteiger partial charge in [-0.15, -0.1) is 0 Å². The highest BCUT2D eigenvalue weighted by Crippen LogP contribution is 2.18. The van der Waals surface area contributed by atoms with Gasteiger partial charge in [0.05, 0.1) is 11.3 Å². The quantitative estimate of drug-likeness (QED) is 0.660. The highest BCUT2D eigenvalue weighted by atomic mass is 79.9. The topological polar surface area (TPSA) is 97.2 Å². The van der Waals surface area contributed by atoms with Crippen molar-refractivity contribution in [3.05, 3.63) is 73.9 Å². The number of benzene rings is 1. The monoisotopic (exact) mass is 417 g/mol. The summed E-state index contributed by atoms with van der Waals surface area (Å²) in [5, 5.41) is 6.46. The summed E-state index contributed by atoms with van der Waals surface area (Å²) >= 11 is 3.25. The lowest BCUT2D eigenvalue weighted by Gasteiger charge is -2.08. The van der Waals surface area contributed by atoms with Gasteiger partial charge in [-0.3, -0.25) is 9.59 Å². The molecule has 8 heteroatoms. The molecule has 2 N–H and O–H groups in total. The molecule has 3 rings (SSSR count). The van der Waals surface area contributed by atoms with Crippen LogP contribution in [0.1, 0.15) is 27.4 Å². The Balaban J connectivity index is 1.66. The molecule has 0 saturated carbocycles. The van der Waals surface area contributed by atoms with Crippen LogP contribution in [-0.4, -0.2) is 16.0 Å². The van der Waals surface area contributed by atoms with Gasteiger partial charge in [0, 0.05) is 16.2 Å². The molecular weight excluding hydrogens is 402 g/mol. The second-order valence-electron chi connectivity index (χ2n) is 5.63. The van der Waals surface area contributed by atoms with E-state index in [4.69, 9.17) is 9.26 Å². The number of nitrogens with zero attached hydrogens (tertiary/aromatic N) is 1. The molecule has 0 aliphatic carbocycles. The van der Waals surface area contributed by atoms with Crippen LogP contribution in [-0.2, 0) is 6.61 Å². The SMILES string of the molecule is Cc1noc(C)c1COc1ccc(C(=O)Nc2cc(Br)c[nH]c2=O)cc1. The second kappa shape index (κ2) is 7.57. The van der Waals surface area contributed by atoms with Gasteiger partial charge in [0.25, 0.3) is 11.5 Å². The third-order valence-corrected chi connectivity index (χ3v) is 4.25. The number of nitrogens with one attached hydrogen (secondary N) is 2. The molecule has 26 heavy (non-hydrogen) atoms. The Kier molecular flexibility index (Phi) is 5.22. The Morgan fingerprint density at radius 2 is 2.04 bits per heavy atom. The third kappa shape index (κ3) is 4.02. The minimum Gasteiger partial charge on any atom is -0.489 e. The molecule has 0 atom stereocenters. The number of hydrogen-bond acceptors (Lipinski definition) is 5. The molecule has 0 unspecified atom stereocenters. The lowest BCUT2D eigenvalue weighted by atomic mass is 10.2. The third-order valence-electron chi connectivity index (χ3n) is 3.80. The Hall–Kier alpha value is -2.87. The summed E-state index contributed by atoms with van der Waals surface area (Å²) in [7, 11) is 0. The number of halogens is 1. The Labute approximate surface area is 157 Å². The maximum atomic E-state index is 12.3. The van der Waals surface area contributed by atoms with Gasteiger partial charge in [-0.25, -0.2) is 0 Å². The van der Waals surface area contributed by atoms with Crippen molar-refractivity contribution in [2.45, 2.75) is 20.5 Å². The fourth-order valence-electron chi connectivity index (χ4n) is 2.31. The zero-order valence-corrected chi connectivity index (χ0v) is 15.7. The van der Waals surface area contributed by atoms with E-state index in [0.717, 1.165) is 17.0 Å². The minimum atomic E-state index is -0.383. The Bertz CT molecular complexity index is 973. The molecule has 1 amide bonds. The van der Waals surface area contributed by atoms with Gasteiger partial charge >= 0.3 is 0 Å². The summed E-state index contributed by atoms with van der Waals surface area (Å²) in [6, 6.07) is 8.18. The molecule has 2 aromatic heterocycles. The van der Waals surface area contributed by atoms with E-state index in [1.54, 1.807) is 24.3 Å². The van der Waals surface area contributed by atoms with E-state index in [9.17, 15) is 9.59 Å². The van der Waals surface area contributed by atoms with Gasteiger partial charge in [-0.05, 0) is 60.1 Å². The largest absolute Gasteiger partial charge is 0.489 e. The zero-order chi connectivity index (χ0) is 18.7. The normalized spacial score (nSPS) is 10.6. The van der Waals surface area contributed by atoms with Gasteiger partial charge in [0.1, 0.15) is 23.8 Å². The van der Waals surface area contributed by atoms with E-state index in [1.165, 1.54) is 12.3 Å². The molecule has 1 aromatic carbocycles. The van der Waals surface area contributed by atoms with Gasteiger partial charge in [-0.1, -0.05) is 5.16 Å². The molecule has 0 saturated heterocycles. The van der Waals surface area contributed by atoms with Gasteiger partial charge in [-0.2, -0.15) is 0 Å². The first kappa shape index (κ1) is 17.9. The van der Waals surface area contributed by atoms with Crippen molar-refractivity contribution >= 4 is 27.5 Å². The van der Waals surface area contributed by atoms with E-state index in [-0.39, 0.29) is 17.2 Å². The molecule has 0 aliphatic heterocycles. The molecule has 2 heterocycles. The molecular formula is C18H16BrN3O4. The minimum absolute atomic E-state index is 0.170. The average molecular weight is 418 g/mol. The number of anilines is 1. The molecule has 7 nitrogen and oxygen atoms in total. The first-order valence-corrected chi connectivity index (χ1v) is 8.57. The number of ether oxygens (including phenoxy) is 1. The first-order chi connectivity index (χ1) is 12.4. The van der Waals surface area contributed by atoms with E-state index in [2.05, 4.69) is 31.4 Å². The number of H-pyrrole nitrogens is 1. The number of aromatic nitrogens is 2. The van der Waals surface area contributed by atoms with Gasteiger partial charge < -0.3 is 19.6 Å². The number of amides is 1. The molecule has 0 spiro atoms. The highest BCUT2D eigenvalue weighted by Gasteiger charge is 2.11. The summed E-state index contributed by atoms with van der Waals surface area (Å²) in [5.41, 5.74) is 1.90. The van der Waals surface area contributed by atoms with Crippen molar-refractivity contribution in [2.24, 2.45) is 0 Å². The summed E-state index contributed by atoms with van der Waals surface area (Å²) in [5.74, 6) is 0.950. The van der Waals surface area contributed by atoms with Crippen LogP contribution in [0.3, 0.4) is 0 Å². The number of rotatable bonds is 5. The van der Waals surface area contributed by atoms with Gasteiger partial charge in [0.2, 0.25) is 0 Å². The smallest absolute Gasteiger partial charge is 0.271 e. The summed E-state index contributed by atoms with van der Waals surface area (Å²) < 4.78 is 11.5. The molecule has 0 radical (unpaired) electrons. The molecule has 0 fully saturated rings. The van der Waals surface area contributed by atoms with E-state index >= 15 is 0 Å². The van der Waals surface area contributed by atoms with E-state index < -0.39 is 0 Å². The van der Waals surface area contributed by atoms with Crippen molar-refractivity contribution in [3.63, 3.8) is 0 Å². The lowest BCUT2D eigenvalue weighted by molar-refractivity contribution is 0.102. The van der Waals surface area contributed by atoms with E-state index in [1.807, 2.05) is 13.8 Å². The maximum absolute atomic E-state index is 12.3. The van der Waals surface area contributed by atoms with Crippen LogP contribution in [0.15, 0.2) is 50.3 Å². The van der Waals surface area contributed by atoms with Crippen molar-refractivity contribution < 1.29 is 14.1 Å². The van der Waals surface area contributed by atoms with Crippen molar-refractivity contribution in [2.75, 3.05) is 5.32 Å². The van der Waals surface area contributed by atoms with Crippen LogP contribution >= 0.6 is 15.9 Å². The number of carbonyl (C=O) groups is 1. The maximum Gasteiger partial charge on any atom is 0.271 e. The van der Waals surface area contributed by atoms with Crippen LogP contribution in [0, 0.1) is 13.8 Å². The average Bonchev–Trinajstić information content (AvgIpc) is 2.95. The fourth-order valence-corrected chi connectivity index (χ4v) is 2.65. The summed E-state index contributed by atoms with van der Waals surface area (Å²) in [6.45, 7) is 4.02. The zero-order valence-electron chi connectivity index (χ0n) is 14.1. The molecule has 0 bridgehead atoms. The van der Waals surface area contributed by atoms with Crippen molar-refractivity contribution in [3.8, 4) is 5.75 Å². The number of aromatic amines is 1. The summed E-state index contributed by atoms with van der Waals surface area (Å²) in [6.07, 6.45) is 1.50. The standard InChI is InChI=1S/C18H16BrN3O4/c1-10-15(11(2)26-22-10)9-25-14-5-3-12(4-6-14)17(23)21-16-7-13(19)8-20-18(16)24/h3-8H,9H2,1-2H3,(H,20,24)(H,21,23). The molecule has 0 aliphatic rings. The van der Waals surface area contributed by atoms with Crippen LogP contribution in [0.2, 0.25) is 0 Å². The fraction of sp³-hybridized carbons (Fsp3) is 0.167. The number of carbonyl (C=O) groups excluding carboxylic acids is 1. The number of pyridine rings is 1. The Morgan fingerprint density at radius 1 is 1.31 bits per heavy atom. The summed E-state index contributed by atoms with van der Waals surface area (Å²) in [4.78, 5) is 26.5. The van der Waals surface area contributed by atoms with Crippen LogP contribution in [0.4, 0.5) is 5.69 Å². The van der Waals surface area contributed by atoms with Crippen LogP contribution < -0.4 is 15.6 Å². The van der Waals surface area contributed by atoms with Crippen molar-refractivity contribution in [1.82, 2.24) is 10.1 Å². The second-order valence-corrected chi connectivity index (χ2v) is 6.55. The van der Waals surface area contributed by atoms with Crippen LogP contribution in [0.25, 0.3) is 0 Å². The predicted octanol–water partition coefficient (Wildman–Crippen LogP) is 3.57. The van der Waals surface area contributed by atoms with Crippen LogP contribution in [0.5, 0.6) is 5.75 Å². The first-order valence-electron chi connectivity index (χ1n) is 7.78. The molecule has 3 aromatic rings. The highest BCUT2D eigenvalue weighted by molar-refractivity contribution is 9.10. The number of hydrogen-bond donors (Lipinski definition) is 2. The molecule has 134 valence electrons. The van der Waals surface area contributed by atoms with Crippen molar-refractivity contribution in [1.29, 1.82) is 0 Å². The van der Waals surface area contributed by atoms with E-state index in [0.29, 0.717) is 22.4 Å². The lowest BCUT2D eigenvalue weighted by Crippen LogP contribution is -2.19. The number of aryl methyl sites for hydroxylation is 2. The Morgan fingerprint density at radius 3 is 2.69 bits per heavy atom. The predicted molar refractivity (Wildman–Crippen MR) is 99.5 cm³/mol. The van der Waals surface area contributed by atoms with Gasteiger partial charge in [0.15, 0.2) is 0 Å².